The van der Waals surface area contributed by atoms with Crippen LogP contribution in [0.15, 0.2) is 59.8 Å². The third kappa shape index (κ3) is 5.14. The second-order valence-corrected chi connectivity index (χ2v) is 8.90. The van der Waals surface area contributed by atoms with E-state index in [4.69, 9.17) is 16.3 Å². The molecule has 0 saturated carbocycles. The Kier molecular flexibility index (Phi) is 6.38. The number of hydrogen-bond acceptors (Lipinski definition) is 6. The van der Waals surface area contributed by atoms with Gasteiger partial charge in [0.25, 0.3) is 10.0 Å². The number of nitrogens with one attached hydrogen (secondary N) is 1. The van der Waals surface area contributed by atoms with Crippen molar-refractivity contribution in [3.8, 4) is 5.75 Å². The Morgan fingerprint density at radius 2 is 1.70 bits per heavy atom. The Morgan fingerprint density at radius 1 is 1.07 bits per heavy atom. The minimum Gasteiger partial charge on any atom is -0.491 e. The number of ether oxygens (including phenoxy) is 1. The number of aryl methyl sites for hydroxylation is 1. The van der Waals surface area contributed by atoms with Crippen molar-refractivity contribution >= 4 is 33.1 Å². The molecule has 1 heterocycles. The maximum atomic E-state index is 12.9. The quantitative estimate of drug-likeness (QED) is 0.545. The summed E-state index contributed by atoms with van der Waals surface area (Å²) in [4.78, 5) is 21.0. The van der Waals surface area contributed by atoms with Crippen LogP contribution >= 0.6 is 11.6 Å². The van der Waals surface area contributed by atoms with Gasteiger partial charge in [-0.25, -0.2) is 18.4 Å². The fourth-order valence-electron chi connectivity index (χ4n) is 2.63. The summed E-state index contributed by atoms with van der Waals surface area (Å²) in [5, 5.41) is 0.296. The topological polar surface area (TPSA) is 98.2 Å². The van der Waals surface area contributed by atoms with Crippen LogP contribution in [0.3, 0.4) is 0 Å². The summed E-state index contributed by atoms with van der Waals surface area (Å²) in [6.45, 7) is 5.46. The molecule has 0 unspecified atom stereocenters. The Labute approximate surface area is 180 Å². The summed E-state index contributed by atoms with van der Waals surface area (Å²) in [5.74, 6) is 0.630. The van der Waals surface area contributed by atoms with Gasteiger partial charge in [0, 0.05) is 23.0 Å². The van der Waals surface area contributed by atoms with E-state index in [9.17, 15) is 13.2 Å². The molecule has 1 N–H and O–H groups in total. The average Bonchev–Trinajstić information content (AvgIpc) is 2.69. The number of aromatic nitrogens is 2. The van der Waals surface area contributed by atoms with Gasteiger partial charge in [-0.1, -0.05) is 11.6 Å². The molecule has 0 bridgehead atoms. The maximum Gasteiger partial charge on any atom is 0.261 e. The van der Waals surface area contributed by atoms with E-state index >= 15 is 0 Å². The minimum atomic E-state index is -3.95. The number of carbonyl (C=O) groups excluding carboxylic acids is 1. The minimum absolute atomic E-state index is 0.0287. The van der Waals surface area contributed by atoms with E-state index < -0.39 is 15.8 Å². The molecule has 1 aromatic heterocycles. The van der Waals surface area contributed by atoms with E-state index in [0.717, 1.165) is 0 Å². The lowest BCUT2D eigenvalue weighted by Gasteiger charge is -2.14. The molecular formula is C21H20ClN3O4S. The zero-order valence-electron chi connectivity index (χ0n) is 16.6. The number of anilines is 1. The first kappa shape index (κ1) is 21.7. The van der Waals surface area contributed by atoms with Crippen molar-refractivity contribution in [1.82, 2.24) is 9.97 Å². The first-order chi connectivity index (χ1) is 14.2. The van der Waals surface area contributed by atoms with Gasteiger partial charge in [-0.3, -0.25) is 9.52 Å². The summed E-state index contributed by atoms with van der Waals surface area (Å²) in [7, 11) is -3.95. The highest BCUT2D eigenvalue weighted by Crippen LogP contribution is 2.26. The molecular weight excluding hydrogens is 426 g/mol. The normalized spacial score (nSPS) is 11.4. The van der Waals surface area contributed by atoms with Crippen LogP contribution in [-0.4, -0.2) is 30.3 Å². The van der Waals surface area contributed by atoms with Gasteiger partial charge in [-0.15, -0.1) is 0 Å². The predicted molar refractivity (Wildman–Crippen MR) is 115 cm³/mol. The predicted octanol–water partition coefficient (Wildman–Crippen LogP) is 4.26. The zero-order chi connectivity index (χ0) is 21.9. The van der Waals surface area contributed by atoms with E-state index in [1.165, 1.54) is 42.7 Å². The molecule has 0 fully saturated rings. The Bertz CT molecular complexity index is 1160. The van der Waals surface area contributed by atoms with Crippen LogP contribution in [0.25, 0.3) is 0 Å². The highest BCUT2D eigenvalue weighted by molar-refractivity contribution is 7.92. The number of rotatable bonds is 7. The van der Waals surface area contributed by atoms with Crippen molar-refractivity contribution in [3.63, 3.8) is 0 Å². The van der Waals surface area contributed by atoms with Gasteiger partial charge >= 0.3 is 0 Å². The number of carbonyl (C=O) groups is 1. The van der Waals surface area contributed by atoms with E-state index in [1.807, 2.05) is 13.8 Å². The van der Waals surface area contributed by atoms with Crippen molar-refractivity contribution in [2.75, 3.05) is 4.72 Å². The van der Waals surface area contributed by atoms with Crippen LogP contribution in [0, 0.1) is 6.92 Å². The van der Waals surface area contributed by atoms with Crippen molar-refractivity contribution < 1.29 is 17.9 Å². The van der Waals surface area contributed by atoms with Gasteiger partial charge < -0.3 is 4.74 Å². The first-order valence-corrected chi connectivity index (χ1v) is 10.9. The lowest BCUT2D eigenvalue weighted by Crippen LogP contribution is -2.16. The molecule has 9 heteroatoms. The average molecular weight is 446 g/mol. The fraction of sp³-hybridized carbons (Fsp3) is 0.190. The van der Waals surface area contributed by atoms with Crippen molar-refractivity contribution in [1.29, 1.82) is 0 Å². The number of ketones is 1. The molecule has 0 aliphatic carbocycles. The molecule has 0 aliphatic rings. The molecule has 3 aromatic rings. The molecule has 0 spiro atoms. The highest BCUT2D eigenvalue weighted by Gasteiger charge is 2.21. The van der Waals surface area contributed by atoms with Crippen LogP contribution < -0.4 is 9.46 Å². The molecule has 0 radical (unpaired) electrons. The van der Waals surface area contributed by atoms with E-state index in [-0.39, 0.29) is 27.8 Å². The third-order valence-electron chi connectivity index (χ3n) is 4.02. The number of benzene rings is 2. The Balaban J connectivity index is 1.92. The molecule has 156 valence electrons. The summed E-state index contributed by atoms with van der Waals surface area (Å²) in [5.41, 5.74) is 0.421. The van der Waals surface area contributed by atoms with Gasteiger partial charge in [-0.05, 0) is 63.2 Å². The molecule has 0 aliphatic heterocycles. The van der Waals surface area contributed by atoms with E-state index in [0.29, 0.717) is 16.6 Å². The monoisotopic (exact) mass is 445 g/mol. The first-order valence-electron chi connectivity index (χ1n) is 9.08. The summed E-state index contributed by atoms with van der Waals surface area (Å²) < 4.78 is 33.7. The lowest BCUT2D eigenvalue weighted by atomic mass is 10.0. The fourth-order valence-corrected chi connectivity index (χ4v) is 3.88. The maximum absolute atomic E-state index is 12.9. The highest BCUT2D eigenvalue weighted by atomic mass is 35.5. The molecule has 0 saturated heterocycles. The van der Waals surface area contributed by atoms with E-state index in [2.05, 4.69) is 14.7 Å². The third-order valence-corrected chi connectivity index (χ3v) is 5.64. The largest absolute Gasteiger partial charge is 0.491 e. The molecule has 30 heavy (non-hydrogen) atoms. The van der Waals surface area contributed by atoms with Gasteiger partial charge in [0.2, 0.25) is 0 Å². The number of hydrogen-bond donors (Lipinski definition) is 1. The van der Waals surface area contributed by atoms with Crippen LogP contribution in [-0.2, 0) is 10.0 Å². The SMILES string of the molecule is Cc1ncc(C(=O)c2cc(Cl)ccc2NS(=O)(=O)c2ccc(OC(C)C)cc2)cn1. The zero-order valence-corrected chi connectivity index (χ0v) is 18.2. The number of nitrogens with zero attached hydrogens (tertiary/aromatic N) is 2. The number of sulfonamides is 1. The van der Waals surface area contributed by atoms with Crippen molar-refractivity contribution in [3.05, 3.63) is 76.8 Å². The Hall–Kier alpha value is -2.97. The Morgan fingerprint density at radius 3 is 2.30 bits per heavy atom. The van der Waals surface area contributed by atoms with Gasteiger partial charge in [-0.2, -0.15) is 0 Å². The molecule has 2 aromatic carbocycles. The summed E-state index contributed by atoms with van der Waals surface area (Å²) in [6.07, 6.45) is 2.74. The van der Waals surface area contributed by atoms with Crippen LogP contribution in [0.4, 0.5) is 5.69 Å². The van der Waals surface area contributed by atoms with Gasteiger partial charge in [0.1, 0.15) is 11.6 Å². The van der Waals surface area contributed by atoms with Crippen LogP contribution in [0.1, 0.15) is 35.6 Å². The second kappa shape index (κ2) is 8.81. The molecule has 3 rings (SSSR count). The number of halogens is 1. The molecule has 0 amide bonds. The second-order valence-electron chi connectivity index (χ2n) is 6.78. The van der Waals surface area contributed by atoms with Crippen molar-refractivity contribution in [2.24, 2.45) is 0 Å². The smallest absolute Gasteiger partial charge is 0.261 e. The molecule has 7 nitrogen and oxygen atoms in total. The molecule has 0 atom stereocenters. The van der Waals surface area contributed by atoms with Crippen LogP contribution in [0.2, 0.25) is 5.02 Å². The van der Waals surface area contributed by atoms with Gasteiger partial charge in [0.15, 0.2) is 5.78 Å². The summed E-state index contributed by atoms with van der Waals surface area (Å²) >= 11 is 6.05. The standard InChI is InChI=1S/C21H20ClN3O4S/c1-13(2)29-17-5-7-18(8-6-17)30(27,28)25-20-9-4-16(22)10-19(20)21(26)15-11-23-14(3)24-12-15/h4-13,25H,1-3H3. The van der Waals surface area contributed by atoms with Crippen molar-refractivity contribution in [2.45, 2.75) is 31.8 Å². The van der Waals surface area contributed by atoms with Crippen LogP contribution in [0.5, 0.6) is 5.75 Å². The summed E-state index contributed by atoms with van der Waals surface area (Å²) in [6, 6.07) is 10.4. The van der Waals surface area contributed by atoms with Gasteiger partial charge in [0.05, 0.1) is 22.3 Å². The lowest BCUT2D eigenvalue weighted by molar-refractivity contribution is 0.103. The van der Waals surface area contributed by atoms with E-state index in [1.54, 1.807) is 19.1 Å².